The Morgan fingerprint density at radius 1 is 1.30 bits per heavy atom. The van der Waals surface area contributed by atoms with Crippen molar-refractivity contribution in [1.29, 1.82) is 0 Å². The first-order chi connectivity index (χ1) is 11.2. The van der Waals surface area contributed by atoms with Crippen LogP contribution in [0.2, 0.25) is 0 Å². The van der Waals surface area contributed by atoms with E-state index in [2.05, 4.69) is 0 Å². The Hall–Kier alpha value is -2.04. The molecule has 0 N–H and O–H groups in total. The van der Waals surface area contributed by atoms with E-state index in [4.69, 9.17) is 9.47 Å². The first-order valence-electron chi connectivity index (χ1n) is 8.40. The number of hydrogen-bond acceptors (Lipinski definition) is 4. The van der Waals surface area contributed by atoms with Gasteiger partial charge in [-0.15, -0.1) is 0 Å². The zero-order valence-electron chi connectivity index (χ0n) is 13.5. The number of esters is 1. The molecule has 2 aliphatic rings. The fraction of sp³-hybridized carbons (Fsp3) is 0.556. The summed E-state index contributed by atoms with van der Waals surface area (Å²) in [5, 5.41) is 0. The zero-order valence-corrected chi connectivity index (χ0v) is 13.5. The minimum Gasteiger partial charge on any atom is -0.493 e. The van der Waals surface area contributed by atoms with E-state index in [1.54, 1.807) is 0 Å². The standard InChI is InChI=1S/C18H23NO4/c1-2-22-18(21)13-7-9-19(10-8-13)17(20)15-5-6-16-14(12-15)4-3-11-23-16/h5-6,12-13H,2-4,7-11H2,1H3. The maximum Gasteiger partial charge on any atom is 0.309 e. The minimum absolute atomic E-state index is 0.0423. The number of fused-ring (bicyclic) bond motifs is 1. The van der Waals surface area contributed by atoms with E-state index in [9.17, 15) is 9.59 Å². The summed E-state index contributed by atoms with van der Waals surface area (Å²) < 4.78 is 10.7. The number of ether oxygens (including phenoxy) is 2. The Balaban J connectivity index is 1.62. The van der Waals surface area contributed by atoms with Crippen molar-refractivity contribution in [2.75, 3.05) is 26.3 Å². The molecule has 2 heterocycles. The topological polar surface area (TPSA) is 55.8 Å². The van der Waals surface area contributed by atoms with Crippen LogP contribution in [0.25, 0.3) is 0 Å². The molecule has 2 aliphatic heterocycles. The van der Waals surface area contributed by atoms with Crippen LogP contribution in [0, 0.1) is 5.92 Å². The van der Waals surface area contributed by atoms with Gasteiger partial charge in [0.25, 0.3) is 5.91 Å². The van der Waals surface area contributed by atoms with Crippen molar-refractivity contribution in [3.63, 3.8) is 0 Å². The molecule has 5 nitrogen and oxygen atoms in total. The second-order valence-corrected chi connectivity index (χ2v) is 6.09. The molecule has 0 spiro atoms. The Labute approximate surface area is 136 Å². The summed E-state index contributed by atoms with van der Waals surface area (Å²) in [7, 11) is 0. The Kier molecular flexibility index (Phi) is 4.84. The number of nitrogens with zero attached hydrogens (tertiary/aromatic N) is 1. The molecule has 1 amide bonds. The third kappa shape index (κ3) is 3.49. The van der Waals surface area contributed by atoms with Gasteiger partial charge in [-0.05, 0) is 56.4 Å². The number of rotatable bonds is 3. The summed E-state index contributed by atoms with van der Waals surface area (Å²) in [6.45, 7) is 4.19. The van der Waals surface area contributed by atoms with Gasteiger partial charge in [0.05, 0.1) is 19.1 Å². The summed E-state index contributed by atoms with van der Waals surface area (Å²) >= 11 is 0. The lowest BCUT2D eigenvalue weighted by molar-refractivity contribution is -0.149. The highest BCUT2D eigenvalue weighted by atomic mass is 16.5. The van der Waals surface area contributed by atoms with E-state index in [0.717, 1.165) is 30.8 Å². The van der Waals surface area contributed by atoms with Crippen molar-refractivity contribution in [2.24, 2.45) is 5.92 Å². The van der Waals surface area contributed by atoms with Crippen LogP contribution in [0.4, 0.5) is 0 Å². The molecule has 23 heavy (non-hydrogen) atoms. The number of likely N-dealkylation sites (tertiary alicyclic amines) is 1. The smallest absolute Gasteiger partial charge is 0.309 e. The van der Waals surface area contributed by atoms with Crippen LogP contribution < -0.4 is 4.74 Å². The first-order valence-corrected chi connectivity index (χ1v) is 8.40. The summed E-state index contributed by atoms with van der Waals surface area (Å²) in [4.78, 5) is 26.3. The predicted octanol–water partition coefficient (Wildman–Crippen LogP) is 2.43. The third-order valence-electron chi connectivity index (χ3n) is 4.56. The maximum atomic E-state index is 12.7. The highest BCUT2D eigenvalue weighted by Crippen LogP contribution is 2.27. The van der Waals surface area contributed by atoms with Crippen LogP contribution in [0.3, 0.4) is 0 Å². The van der Waals surface area contributed by atoms with E-state index in [1.165, 1.54) is 0 Å². The lowest BCUT2D eigenvalue weighted by Gasteiger charge is -2.31. The lowest BCUT2D eigenvalue weighted by Crippen LogP contribution is -2.40. The molecule has 0 unspecified atom stereocenters. The molecule has 0 aliphatic carbocycles. The molecule has 3 rings (SSSR count). The Morgan fingerprint density at radius 3 is 2.83 bits per heavy atom. The molecular weight excluding hydrogens is 294 g/mol. The molecule has 1 aromatic carbocycles. The third-order valence-corrected chi connectivity index (χ3v) is 4.56. The molecule has 0 aromatic heterocycles. The van der Waals surface area contributed by atoms with Gasteiger partial charge in [-0.3, -0.25) is 9.59 Å². The number of amides is 1. The molecule has 1 saturated heterocycles. The van der Waals surface area contributed by atoms with Crippen molar-refractivity contribution in [1.82, 2.24) is 4.90 Å². The lowest BCUT2D eigenvalue weighted by atomic mass is 9.96. The van der Waals surface area contributed by atoms with Gasteiger partial charge in [-0.25, -0.2) is 0 Å². The van der Waals surface area contributed by atoms with Crippen LogP contribution in [0.15, 0.2) is 18.2 Å². The van der Waals surface area contributed by atoms with Crippen molar-refractivity contribution in [3.8, 4) is 5.75 Å². The Morgan fingerprint density at radius 2 is 2.09 bits per heavy atom. The second-order valence-electron chi connectivity index (χ2n) is 6.09. The van der Waals surface area contributed by atoms with Gasteiger partial charge in [0.2, 0.25) is 0 Å². The van der Waals surface area contributed by atoms with Gasteiger partial charge in [0.15, 0.2) is 0 Å². The van der Waals surface area contributed by atoms with E-state index in [-0.39, 0.29) is 17.8 Å². The highest BCUT2D eigenvalue weighted by molar-refractivity contribution is 5.94. The average Bonchev–Trinajstić information content (AvgIpc) is 2.61. The Bertz CT molecular complexity index is 591. The van der Waals surface area contributed by atoms with Crippen molar-refractivity contribution in [2.45, 2.75) is 32.6 Å². The monoisotopic (exact) mass is 317 g/mol. The quantitative estimate of drug-likeness (QED) is 0.804. The molecular formula is C18H23NO4. The fourth-order valence-electron chi connectivity index (χ4n) is 3.25. The van der Waals surface area contributed by atoms with Crippen LogP contribution in [0.1, 0.15) is 42.1 Å². The number of aryl methyl sites for hydroxylation is 1. The zero-order chi connectivity index (χ0) is 16.2. The van der Waals surface area contributed by atoms with E-state index in [1.807, 2.05) is 30.0 Å². The predicted molar refractivity (Wildman–Crippen MR) is 85.5 cm³/mol. The van der Waals surface area contributed by atoms with Crippen molar-refractivity contribution in [3.05, 3.63) is 29.3 Å². The summed E-state index contributed by atoms with van der Waals surface area (Å²) in [5.74, 6) is 0.732. The molecule has 1 aromatic rings. The largest absolute Gasteiger partial charge is 0.493 e. The number of benzene rings is 1. The minimum atomic E-state index is -0.134. The van der Waals surface area contributed by atoms with Crippen LogP contribution in [0.5, 0.6) is 5.75 Å². The van der Waals surface area contributed by atoms with Crippen LogP contribution >= 0.6 is 0 Å². The second kappa shape index (κ2) is 7.02. The van der Waals surface area contributed by atoms with Crippen LogP contribution in [-0.2, 0) is 16.0 Å². The molecule has 124 valence electrons. The number of carbonyl (C=O) groups is 2. The van der Waals surface area contributed by atoms with Gasteiger partial charge < -0.3 is 14.4 Å². The molecule has 0 bridgehead atoms. The SMILES string of the molecule is CCOC(=O)C1CCN(C(=O)c2ccc3c(c2)CCCO3)CC1. The summed E-state index contributed by atoms with van der Waals surface area (Å²) in [5.41, 5.74) is 1.83. The molecule has 0 radical (unpaired) electrons. The highest BCUT2D eigenvalue weighted by Gasteiger charge is 2.29. The van der Waals surface area contributed by atoms with Gasteiger partial charge in [-0.1, -0.05) is 0 Å². The summed E-state index contributed by atoms with van der Waals surface area (Å²) in [6.07, 6.45) is 3.31. The first kappa shape index (κ1) is 15.8. The molecule has 0 atom stereocenters. The number of carbonyl (C=O) groups excluding carboxylic acids is 2. The van der Waals surface area contributed by atoms with E-state index >= 15 is 0 Å². The number of hydrogen-bond donors (Lipinski definition) is 0. The molecule has 5 heteroatoms. The van der Waals surface area contributed by atoms with Crippen molar-refractivity contribution < 1.29 is 19.1 Å². The molecule has 1 fully saturated rings. The molecule has 0 saturated carbocycles. The maximum absolute atomic E-state index is 12.7. The number of piperidine rings is 1. The van der Waals surface area contributed by atoms with Gasteiger partial charge in [-0.2, -0.15) is 0 Å². The van der Waals surface area contributed by atoms with Crippen LogP contribution in [-0.4, -0.2) is 43.1 Å². The summed E-state index contributed by atoms with van der Waals surface area (Å²) in [6, 6.07) is 5.69. The van der Waals surface area contributed by atoms with E-state index in [0.29, 0.717) is 38.1 Å². The average molecular weight is 317 g/mol. The van der Waals surface area contributed by atoms with Gasteiger partial charge in [0, 0.05) is 18.7 Å². The normalized spacial score (nSPS) is 18.0. The van der Waals surface area contributed by atoms with Crippen molar-refractivity contribution >= 4 is 11.9 Å². The van der Waals surface area contributed by atoms with E-state index < -0.39 is 0 Å². The fourth-order valence-corrected chi connectivity index (χ4v) is 3.25. The van der Waals surface area contributed by atoms with Gasteiger partial charge in [0.1, 0.15) is 5.75 Å². The van der Waals surface area contributed by atoms with Gasteiger partial charge >= 0.3 is 5.97 Å².